The number of hydrogen-bond acceptors (Lipinski definition) is 2. The molecule has 2 aromatic carbocycles. The molecule has 0 amide bonds. The van der Waals surface area contributed by atoms with E-state index >= 15 is 0 Å². The predicted octanol–water partition coefficient (Wildman–Crippen LogP) is 3.54. The van der Waals surface area contributed by atoms with E-state index in [0.717, 1.165) is 5.52 Å². The van der Waals surface area contributed by atoms with Gasteiger partial charge in [0.1, 0.15) is 0 Å². The Morgan fingerprint density at radius 3 is 2.47 bits per heavy atom. The Labute approximate surface area is 113 Å². The molecule has 0 radical (unpaired) electrons. The van der Waals surface area contributed by atoms with Gasteiger partial charge in [0.2, 0.25) is 0 Å². The molecule has 3 aromatic rings. The Bertz CT molecular complexity index is 672. The van der Waals surface area contributed by atoms with Gasteiger partial charge < -0.3 is 5.32 Å². The van der Waals surface area contributed by atoms with Crippen LogP contribution in [0.2, 0.25) is 0 Å². The van der Waals surface area contributed by atoms with Crippen molar-refractivity contribution in [1.82, 2.24) is 10.3 Å². The molecule has 1 atom stereocenters. The molecule has 1 aromatic heterocycles. The van der Waals surface area contributed by atoms with E-state index in [4.69, 9.17) is 0 Å². The Hall–Kier alpha value is -2.19. The van der Waals surface area contributed by atoms with Gasteiger partial charge in [0.15, 0.2) is 0 Å². The van der Waals surface area contributed by atoms with Crippen LogP contribution in [0, 0.1) is 0 Å². The summed E-state index contributed by atoms with van der Waals surface area (Å²) in [7, 11) is 1.99. The number of pyridine rings is 1. The summed E-state index contributed by atoms with van der Waals surface area (Å²) in [5.41, 5.74) is 3.53. The van der Waals surface area contributed by atoms with E-state index in [-0.39, 0.29) is 6.04 Å². The molecule has 2 heteroatoms. The summed E-state index contributed by atoms with van der Waals surface area (Å²) in [4.78, 5) is 4.54. The lowest BCUT2D eigenvalue weighted by atomic mass is 9.96. The molecule has 1 heterocycles. The van der Waals surface area contributed by atoms with E-state index in [9.17, 15) is 0 Å². The second-order valence-electron chi connectivity index (χ2n) is 4.55. The summed E-state index contributed by atoms with van der Waals surface area (Å²) in [5.74, 6) is 0. The van der Waals surface area contributed by atoms with Crippen LogP contribution in [0.15, 0.2) is 66.9 Å². The molecule has 3 rings (SSSR count). The predicted molar refractivity (Wildman–Crippen MR) is 79.1 cm³/mol. The van der Waals surface area contributed by atoms with Crippen molar-refractivity contribution in [2.45, 2.75) is 6.04 Å². The van der Waals surface area contributed by atoms with E-state index in [1.165, 1.54) is 16.5 Å². The van der Waals surface area contributed by atoms with Crippen LogP contribution in [0.4, 0.5) is 0 Å². The first-order valence-electron chi connectivity index (χ1n) is 6.46. The minimum Gasteiger partial charge on any atom is -0.309 e. The van der Waals surface area contributed by atoms with Crippen molar-refractivity contribution in [2.75, 3.05) is 7.05 Å². The Kier molecular flexibility index (Phi) is 3.25. The molecule has 0 fully saturated rings. The standard InChI is InChI=1S/C17H16N2/c1-18-16(13-7-3-2-4-8-13)15-11-5-9-14-10-6-12-19-17(14)15/h2-12,16,18H,1H3. The SMILES string of the molecule is CNC(c1ccccc1)c1cccc2cccnc12. The maximum atomic E-state index is 4.54. The zero-order chi connectivity index (χ0) is 13.1. The second-order valence-corrected chi connectivity index (χ2v) is 4.55. The molecule has 94 valence electrons. The smallest absolute Gasteiger partial charge is 0.0753 e. The number of hydrogen-bond donors (Lipinski definition) is 1. The van der Waals surface area contributed by atoms with Crippen LogP contribution in [-0.2, 0) is 0 Å². The first-order chi connectivity index (χ1) is 9.40. The first-order valence-corrected chi connectivity index (χ1v) is 6.46. The highest BCUT2D eigenvalue weighted by Gasteiger charge is 2.14. The second kappa shape index (κ2) is 5.21. The van der Waals surface area contributed by atoms with Gasteiger partial charge in [-0.05, 0) is 24.2 Å². The average molecular weight is 248 g/mol. The van der Waals surface area contributed by atoms with Gasteiger partial charge in [0.25, 0.3) is 0 Å². The van der Waals surface area contributed by atoms with Crippen molar-refractivity contribution in [3.8, 4) is 0 Å². The van der Waals surface area contributed by atoms with E-state index in [2.05, 4.69) is 58.8 Å². The van der Waals surface area contributed by atoms with Crippen LogP contribution in [0.1, 0.15) is 17.2 Å². The minimum absolute atomic E-state index is 0.166. The van der Waals surface area contributed by atoms with Crippen molar-refractivity contribution in [3.05, 3.63) is 78.0 Å². The monoisotopic (exact) mass is 248 g/mol. The molecular formula is C17H16N2. The lowest BCUT2D eigenvalue weighted by Gasteiger charge is -2.18. The van der Waals surface area contributed by atoms with Crippen LogP contribution < -0.4 is 5.32 Å². The van der Waals surface area contributed by atoms with Crippen molar-refractivity contribution < 1.29 is 0 Å². The topological polar surface area (TPSA) is 24.9 Å². The molecular weight excluding hydrogens is 232 g/mol. The molecule has 0 saturated heterocycles. The third-order valence-corrected chi connectivity index (χ3v) is 3.40. The Morgan fingerprint density at radius 1 is 0.895 bits per heavy atom. The summed E-state index contributed by atoms with van der Waals surface area (Å²) >= 11 is 0. The molecule has 0 aliphatic heterocycles. The molecule has 0 spiro atoms. The van der Waals surface area contributed by atoms with Gasteiger partial charge in [0, 0.05) is 11.6 Å². The van der Waals surface area contributed by atoms with Crippen LogP contribution in [-0.4, -0.2) is 12.0 Å². The molecule has 19 heavy (non-hydrogen) atoms. The maximum absolute atomic E-state index is 4.54. The van der Waals surface area contributed by atoms with E-state index in [1.54, 1.807) is 0 Å². The summed E-state index contributed by atoms with van der Waals surface area (Å²) in [5, 5.41) is 4.56. The van der Waals surface area contributed by atoms with Crippen LogP contribution in [0.25, 0.3) is 10.9 Å². The van der Waals surface area contributed by atoms with Crippen LogP contribution in [0.5, 0.6) is 0 Å². The lowest BCUT2D eigenvalue weighted by Crippen LogP contribution is -2.18. The summed E-state index contributed by atoms with van der Waals surface area (Å²) in [6, 6.07) is 21.0. The summed E-state index contributed by atoms with van der Waals surface area (Å²) < 4.78 is 0. The highest BCUT2D eigenvalue weighted by atomic mass is 14.9. The third-order valence-electron chi connectivity index (χ3n) is 3.40. The number of rotatable bonds is 3. The average Bonchev–Trinajstić information content (AvgIpc) is 2.49. The van der Waals surface area contributed by atoms with Gasteiger partial charge in [-0.15, -0.1) is 0 Å². The van der Waals surface area contributed by atoms with E-state index in [1.807, 2.05) is 25.4 Å². The normalized spacial score (nSPS) is 12.5. The van der Waals surface area contributed by atoms with Gasteiger partial charge >= 0.3 is 0 Å². The Morgan fingerprint density at radius 2 is 1.68 bits per heavy atom. The Balaban J connectivity index is 2.17. The van der Waals surface area contributed by atoms with Crippen molar-refractivity contribution in [2.24, 2.45) is 0 Å². The lowest BCUT2D eigenvalue weighted by molar-refractivity contribution is 0.695. The number of para-hydroxylation sites is 1. The zero-order valence-corrected chi connectivity index (χ0v) is 10.9. The van der Waals surface area contributed by atoms with E-state index in [0.29, 0.717) is 0 Å². The van der Waals surface area contributed by atoms with Gasteiger partial charge in [0.05, 0.1) is 11.6 Å². The molecule has 0 saturated carbocycles. The summed E-state index contributed by atoms with van der Waals surface area (Å²) in [6.07, 6.45) is 1.85. The highest BCUT2D eigenvalue weighted by Crippen LogP contribution is 2.27. The van der Waals surface area contributed by atoms with Gasteiger partial charge in [-0.1, -0.05) is 54.6 Å². The number of fused-ring (bicyclic) bond motifs is 1. The fourth-order valence-corrected chi connectivity index (χ4v) is 2.51. The fourth-order valence-electron chi connectivity index (χ4n) is 2.51. The fraction of sp³-hybridized carbons (Fsp3) is 0.118. The quantitative estimate of drug-likeness (QED) is 0.766. The number of benzene rings is 2. The zero-order valence-electron chi connectivity index (χ0n) is 10.9. The highest BCUT2D eigenvalue weighted by molar-refractivity contribution is 5.82. The number of nitrogens with zero attached hydrogens (tertiary/aromatic N) is 1. The molecule has 0 aliphatic rings. The van der Waals surface area contributed by atoms with Crippen molar-refractivity contribution in [1.29, 1.82) is 0 Å². The van der Waals surface area contributed by atoms with E-state index < -0.39 is 0 Å². The summed E-state index contributed by atoms with van der Waals surface area (Å²) in [6.45, 7) is 0. The first kappa shape index (κ1) is 11.9. The van der Waals surface area contributed by atoms with Gasteiger partial charge in [-0.25, -0.2) is 0 Å². The molecule has 1 N–H and O–H groups in total. The molecule has 2 nitrogen and oxygen atoms in total. The third kappa shape index (κ3) is 2.23. The van der Waals surface area contributed by atoms with Crippen molar-refractivity contribution in [3.63, 3.8) is 0 Å². The van der Waals surface area contributed by atoms with Crippen molar-refractivity contribution >= 4 is 10.9 Å². The number of aromatic nitrogens is 1. The van der Waals surface area contributed by atoms with Crippen LogP contribution >= 0.6 is 0 Å². The molecule has 1 unspecified atom stereocenters. The van der Waals surface area contributed by atoms with Crippen LogP contribution in [0.3, 0.4) is 0 Å². The molecule has 0 bridgehead atoms. The number of nitrogens with one attached hydrogen (secondary N) is 1. The largest absolute Gasteiger partial charge is 0.309 e. The minimum atomic E-state index is 0.166. The van der Waals surface area contributed by atoms with Gasteiger partial charge in [-0.3, -0.25) is 4.98 Å². The maximum Gasteiger partial charge on any atom is 0.0753 e. The molecule has 0 aliphatic carbocycles. The van der Waals surface area contributed by atoms with Gasteiger partial charge in [-0.2, -0.15) is 0 Å².